The fourth-order valence-corrected chi connectivity index (χ4v) is 2.10. The van der Waals surface area contributed by atoms with Gasteiger partial charge in [-0.05, 0) is 42.4 Å². The Kier molecular flexibility index (Phi) is 5.11. The molecular weight excluding hydrogens is 279 g/mol. The van der Waals surface area contributed by atoms with Gasteiger partial charge in [-0.25, -0.2) is 4.39 Å². The van der Waals surface area contributed by atoms with Crippen LogP contribution in [-0.2, 0) is 0 Å². The molecule has 2 aromatic rings. The van der Waals surface area contributed by atoms with Crippen molar-refractivity contribution in [2.24, 2.45) is 0 Å². The molecule has 0 atom stereocenters. The SMILES string of the molecule is CCCOc1nc(NC)nc(Sc2ccc(F)cc2)n1. The fraction of sp³-hybridized carbons (Fsp3) is 0.308. The average molecular weight is 294 g/mol. The molecule has 1 aromatic carbocycles. The Hall–Kier alpha value is -1.89. The topological polar surface area (TPSA) is 59.9 Å². The summed E-state index contributed by atoms with van der Waals surface area (Å²) in [5, 5.41) is 3.37. The minimum atomic E-state index is -0.270. The molecule has 7 heteroatoms. The van der Waals surface area contributed by atoms with Crippen LogP contribution in [0.5, 0.6) is 6.01 Å². The second-order valence-corrected chi connectivity index (χ2v) is 4.92. The Balaban J connectivity index is 2.19. The van der Waals surface area contributed by atoms with Crippen LogP contribution < -0.4 is 10.1 Å². The molecule has 0 unspecified atom stereocenters. The second kappa shape index (κ2) is 7.04. The number of nitrogens with one attached hydrogen (secondary N) is 1. The van der Waals surface area contributed by atoms with Gasteiger partial charge in [0.1, 0.15) is 5.82 Å². The molecule has 106 valence electrons. The van der Waals surface area contributed by atoms with E-state index >= 15 is 0 Å². The second-order valence-electron chi connectivity index (χ2n) is 3.88. The van der Waals surface area contributed by atoms with Gasteiger partial charge in [-0.1, -0.05) is 6.92 Å². The fourth-order valence-electron chi connectivity index (χ4n) is 1.36. The van der Waals surface area contributed by atoms with E-state index in [1.54, 1.807) is 19.2 Å². The number of aromatic nitrogens is 3. The summed E-state index contributed by atoms with van der Waals surface area (Å²) in [5.41, 5.74) is 0. The predicted molar refractivity (Wildman–Crippen MR) is 75.7 cm³/mol. The van der Waals surface area contributed by atoms with Crippen molar-refractivity contribution in [2.45, 2.75) is 23.4 Å². The van der Waals surface area contributed by atoms with Gasteiger partial charge >= 0.3 is 6.01 Å². The molecule has 0 radical (unpaired) electrons. The molecule has 2 rings (SSSR count). The predicted octanol–water partition coefficient (Wildman–Crippen LogP) is 2.99. The number of ether oxygens (including phenoxy) is 1. The summed E-state index contributed by atoms with van der Waals surface area (Å²) < 4.78 is 18.3. The summed E-state index contributed by atoms with van der Waals surface area (Å²) in [7, 11) is 1.73. The molecular formula is C13H15FN4OS. The lowest BCUT2D eigenvalue weighted by atomic mass is 10.4. The zero-order valence-electron chi connectivity index (χ0n) is 11.3. The molecule has 0 fully saturated rings. The van der Waals surface area contributed by atoms with Crippen molar-refractivity contribution in [3.05, 3.63) is 30.1 Å². The van der Waals surface area contributed by atoms with Crippen molar-refractivity contribution in [2.75, 3.05) is 19.0 Å². The Morgan fingerprint density at radius 2 is 1.95 bits per heavy atom. The molecule has 0 aliphatic carbocycles. The number of benzene rings is 1. The van der Waals surface area contributed by atoms with Crippen LogP contribution in [0.25, 0.3) is 0 Å². The summed E-state index contributed by atoms with van der Waals surface area (Å²) in [6, 6.07) is 6.44. The number of rotatable bonds is 6. The first-order chi connectivity index (χ1) is 9.71. The molecule has 0 amide bonds. The Labute approximate surface area is 121 Å². The smallest absolute Gasteiger partial charge is 0.322 e. The van der Waals surface area contributed by atoms with Gasteiger partial charge in [0.2, 0.25) is 11.1 Å². The third-order valence-electron chi connectivity index (χ3n) is 2.28. The van der Waals surface area contributed by atoms with E-state index in [0.29, 0.717) is 17.7 Å². The van der Waals surface area contributed by atoms with Crippen molar-refractivity contribution in [3.63, 3.8) is 0 Å². The molecule has 0 saturated carbocycles. The van der Waals surface area contributed by atoms with Crippen molar-refractivity contribution >= 4 is 17.7 Å². The first kappa shape index (κ1) is 14.5. The lowest BCUT2D eigenvalue weighted by molar-refractivity contribution is 0.288. The summed E-state index contributed by atoms with van der Waals surface area (Å²) in [5.74, 6) is 0.170. The molecule has 20 heavy (non-hydrogen) atoms. The number of halogens is 1. The van der Waals surface area contributed by atoms with Gasteiger partial charge in [0.05, 0.1) is 6.61 Å². The highest BCUT2D eigenvalue weighted by Gasteiger charge is 2.08. The summed E-state index contributed by atoms with van der Waals surface area (Å²) in [6.45, 7) is 2.56. The van der Waals surface area contributed by atoms with Gasteiger partial charge in [0.15, 0.2) is 0 Å². The van der Waals surface area contributed by atoms with Crippen LogP contribution in [-0.4, -0.2) is 28.6 Å². The zero-order valence-corrected chi connectivity index (χ0v) is 12.1. The van der Waals surface area contributed by atoms with Crippen LogP contribution in [0.4, 0.5) is 10.3 Å². The molecule has 0 aliphatic rings. The highest BCUT2D eigenvalue weighted by Crippen LogP contribution is 2.26. The van der Waals surface area contributed by atoms with E-state index in [0.717, 1.165) is 11.3 Å². The monoisotopic (exact) mass is 294 g/mol. The maximum absolute atomic E-state index is 12.9. The van der Waals surface area contributed by atoms with E-state index in [1.165, 1.54) is 23.9 Å². The van der Waals surface area contributed by atoms with Crippen LogP contribution in [0.1, 0.15) is 13.3 Å². The first-order valence-corrected chi connectivity index (χ1v) is 7.03. The maximum Gasteiger partial charge on any atom is 0.322 e. The number of nitrogens with zero attached hydrogens (tertiary/aromatic N) is 3. The minimum Gasteiger partial charge on any atom is -0.463 e. The molecule has 1 aromatic heterocycles. The van der Waals surface area contributed by atoms with Crippen molar-refractivity contribution < 1.29 is 9.13 Å². The van der Waals surface area contributed by atoms with E-state index in [1.807, 2.05) is 6.92 Å². The zero-order chi connectivity index (χ0) is 14.4. The minimum absolute atomic E-state index is 0.270. The third-order valence-corrected chi connectivity index (χ3v) is 3.15. The van der Waals surface area contributed by atoms with Crippen molar-refractivity contribution in [1.82, 2.24) is 15.0 Å². The van der Waals surface area contributed by atoms with Gasteiger partial charge in [0, 0.05) is 11.9 Å². The highest BCUT2D eigenvalue weighted by atomic mass is 32.2. The summed E-state index contributed by atoms with van der Waals surface area (Å²) in [6.07, 6.45) is 0.876. The van der Waals surface area contributed by atoms with Crippen molar-refractivity contribution in [1.29, 1.82) is 0 Å². The van der Waals surface area contributed by atoms with Crippen molar-refractivity contribution in [3.8, 4) is 6.01 Å². The summed E-state index contributed by atoms with van der Waals surface area (Å²) >= 11 is 1.32. The molecule has 1 heterocycles. The van der Waals surface area contributed by atoms with Crippen LogP contribution in [0.2, 0.25) is 0 Å². The van der Waals surface area contributed by atoms with Gasteiger partial charge in [-0.2, -0.15) is 15.0 Å². The molecule has 0 spiro atoms. The maximum atomic E-state index is 12.9. The number of anilines is 1. The van der Waals surface area contributed by atoms with E-state index < -0.39 is 0 Å². The third kappa shape index (κ3) is 4.06. The van der Waals surface area contributed by atoms with Gasteiger partial charge < -0.3 is 10.1 Å². The quantitative estimate of drug-likeness (QED) is 0.884. The van der Waals surface area contributed by atoms with Crippen LogP contribution in [0.3, 0.4) is 0 Å². The Morgan fingerprint density at radius 1 is 1.20 bits per heavy atom. The van der Waals surface area contributed by atoms with Gasteiger partial charge in [-0.3, -0.25) is 0 Å². The van der Waals surface area contributed by atoms with Gasteiger partial charge in [-0.15, -0.1) is 0 Å². The molecule has 1 N–H and O–H groups in total. The molecule has 5 nitrogen and oxygen atoms in total. The largest absolute Gasteiger partial charge is 0.463 e. The van der Waals surface area contributed by atoms with E-state index in [-0.39, 0.29) is 11.8 Å². The lowest BCUT2D eigenvalue weighted by Crippen LogP contribution is -2.05. The average Bonchev–Trinajstić information content (AvgIpc) is 2.47. The van der Waals surface area contributed by atoms with Crippen LogP contribution in [0.15, 0.2) is 34.3 Å². The Bertz CT molecular complexity index is 565. The van der Waals surface area contributed by atoms with Crippen LogP contribution in [0, 0.1) is 5.82 Å². The van der Waals surface area contributed by atoms with Crippen LogP contribution >= 0.6 is 11.8 Å². The molecule has 0 aliphatic heterocycles. The van der Waals surface area contributed by atoms with Gasteiger partial charge in [0.25, 0.3) is 0 Å². The van der Waals surface area contributed by atoms with E-state index in [4.69, 9.17) is 4.74 Å². The first-order valence-electron chi connectivity index (χ1n) is 6.21. The summed E-state index contributed by atoms with van der Waals surface area (Å²) in [4.78, 5) is 13.4. The lowest BCUT2D eigenvalue weighted by Gasteiger charge is -2.07. The standard InChI is InChI=1S/C13H15FN4OS/c1-3-8-19-12-16-11(15-2)17-13(18-12)20-10-6-4-9(14)5-7-10/h4-7H,3,8H2,1-2H3,(H,15,16,17,18). The molecule has 0 saturated heterocycles. The highest BCUT2D eigenvalue weighted by molar-refractivity contribution is 7.99. The van der Waals surface area contributed by atoms with E-state index in [9.17, 15) is 4.39 Å². The molecule has 0 bridgehead atoms. The number of hydrogen-bond donors (Lipinski definition) is 1. The normalized spacial score (nSPS) is 10.3. The Morgan fingerprint density at radius 3 is 2.60 bits per heavy atom. The van der Waals surface area contributed by atoms with E-state index in [2.05, 4.69) is 20.3 Å². The number of hydrogen-bond acceptors (Lipinski definition) is 6.